The van der Waals surface area contributed by atoms with E-state index in [9.17, 15) is 9.90 Å². The van der Waals surface area contributed by atoms with Gasteiger partial charge in [-0.2, -0.15) is 12.6 Å². The molecule has 0 spiro atoms. The van der Waals surface area contributed by atoms with Gasteiger partial charge >= 0.3 is 0 Å². The zero-order valence-corrected chi connectivity index (χ0v) is 7.89. The average molecular weight is 189 g/mol. The van der Waals surface area contributed by atoms with E-state index in [1.807, 2.05) is 0 Å². The zero-order valence-electron chi connectivity index (χ0n) is 6.99. The molecular weight excluding hydrogens is 174 g/mol. The van der Waals surface area contributed by atoms with Crippen LogP contribution in [0.2, 0.25) is 0 Å². The van der Waals surface area contributed by atoms with Gasteiger partial charge in [0.1, 0.15) is 0 Å². The lowest BCUT2D eigenvalue weighted by atomic mass is 10.1. The molecule has 0 aromatic carbocycles. The fraction of sp³-hybridized carbons (Fsp3) is 0.875. The normalized spacial score (nSPS) is 28.8. The van der Waals surface area contributed by atoms with E-state index in [-0.39, 0.29) is 23.7 Å². The highest BCUT2D eigenvalue weighted by molar-refractivity contribution is 7.81. The molecule has 0 bridgehead atoms. The second kappa shape index (κ2) is 4.72. The number of thiol groups is 1. The Hall–Kier alpha value is -0.220. The Balaban J connectivity index is 2.18. The molecule has 0 heterocycles. The van der Waals surface area contributed by atoms with Crippen LogP contribution in [0, 0.1) is 5.92 Å². The van der Waals surface area contributed by atoms with Crippen LogP contribution in [0.3, 0.4) is 0 Å². The van der Waals surface area contributed by atoms with E-state index in [4.69, 9.17) is 0 Å². The van der Waals surface area contributed by atoms with Gasteiger partial charge in [0.15, 0.2) is 0 Å². The van der Waals surface area contributed by atoms with Crippen molar-refractivity contribution in [1.29, 1.82) is 0 Å². The molecule has 0 saturated heterocycles. The summed E-state index contributed by atoms with van der Waals surface area (Å²) in [5.74, 6) is 0.425. The van der Waals surface area contributed by atoms with Gasteiger partial charge in [0, 0.05) is 12.5 Å². The summed E-state index contributed by atoms with van der Waals surface area (Å²) in [6.07, 6.45) is 2.75. The van der Waals surface area contributed by atoms with Crippen LogP contribution in [0.25, 0.3) is 0 Å². The molecule has 2 unspecified atom stereocenters. The van der Waals surface area contributed by atoms with Crippen LogP contribution >= 0.6 is 12.6 Å². The molecule has 0 aliphatic heterocycles. The minimum Gasteiger partial charge on any atom is -0.393 e. The Morgan fingerprint density at radius 1 is 1.58 bits per heavy atom. The topological polar surface area (TPSA) is 49.3 Å². The first-order chi connectivity index (χ1) is 5.74. The van der Waals surface area contributed by atoms with Crippen molar-refractivity contribution >= 4 is 18.5 Å². The Kier molecular flexibility index (Phi) is 3.88. The molecule has 1 fully saturated rings. The molecule has 2 atom stereocenters. The van der Waals surface area contributed by atoms with Crippen LogP contribution in [0.15, 0.2) is 0 Å². The fourth-order valence-corrected chi connectivity index (χ4v) is 1.67. The molecule has 1 aliphatic rings. The van der Waals surface area contributed by atoms with Crippen LogP contribution in [0.1, 0.15) is 19.3 Å². The van der Waals surface area contributed by atoms with Crippen molar-refractivity contribution in [3.05, 3.63) is 0 Å². The molecule has 0 aromatic heterocycles. The lowest BCUT2D eigenvalue weighted by molar-refractivity contribution is -0.118. The molecule has 3 nitrogen and oxygen atoms in total. The summed E-state index contributed by atoms with van der Waals surface area (Å²) in [7, 11) is 0. The first-order valence-corrected chi connectivity index (χ1v) is 4.93. The van der Waals surface area contributed by atoms with E-state index in [2.05, 4.69) is 17.9 Å². The number of carbonyl (C=O) groups is 1. The summed E-state index contributed by atoms with van der Waals surface area (Å²) in [6.45, 7) is 0.598. The maximum Gasteiger partial charge on any atom is 0.229 e. The maximum atomic E-state index is 10.8. The van der Waals surface area contributed by atoms with E-state index < -0.39 is 0 Å². The third-order valence-electron chi connectivity index (χ3n) is 2.32. The molecule has 1 rings (SSSR count). The van der Waals surface area contributed by atoms with E-state index >= 15 is 0 Å². The van der Waals surface area contributed by atoms with Crippen molar-refractivity contribution in [3.63, 3.8) is 0 Å². The quantitative estimate of drug-likeness (QED) is 0.555. The van der Waals surface area contributed by atoms with Gasteiger partial charge in [-0.05, 0) is 12.8 Å². The van der Waals surface area contributed by atoms with Crippen molar-refractivity contribution in [2.75, 3.05) is 12.3 Å². The van der Waals surface area contributed by atoms with E-state index in [0.29, 0.717) is 6.54 Å². The van der Waals surface area contributed by atoms with E-state index in [1.165, 1.54) is 0 Å². The summed E-state index contributed by atoms with van der Waals surface area (Å²) in [6, 6.07) is 0. The highest BCUT2D eigenvalue weighted by atomic mass is 32.1. The van der Waals surface area contributed by atoms with Gasteiger partial charge in [-0.25, -0.2) is 0 Å². The van der Waals surface area contributed by atoms with E-state index in [1.54, 1.807) is 0 Å². The minimum absolute atomic E-state index is 0.0579. The Labute approximate surface area is 77.9 Å². The summed E-state index contributed by atoms with van der Waals surface area (Å²) >= 11 is 3.84. The van der Waals surface area contributed by atoms with Gasteiger partial charge in [0.25, 0.3) is 0 Å². The lowest BCUT2D eigenvalue weighted by Crippen LogP contribution is -2.33. The summed E-state index contributed by atoms with van der Waals surface area (Å²) in [5, 5.41) is 12.1. The number of hydrogen-bond donors (Lipinski definition) is 3. The summed E-state index contributed by atoms with van der Waals surface area (Å²) < 4.78 is 0. The molecule has 70 valence electrons. The number of rotatable bonds is 3. The summed E-state index contributed by atoms with van der Waals surface area (Å²) in [5.41, 5.74) is 0. The molecule has 2 N–H and O–H groups in total. The zero-order chi connectivity index (χ0) is 8.97. The number of hydrogen-bond acceptors (Lipinski definition) is 3. The van der Waals surface area contributed by atoms with Crippen LogP contribution in [-0.2, 0) is 4.79 Å². The van der Waals surface area contributed by atoms with Crippen LogP contribution in [0.5, 0.6) is 0 Å². The first-order valence-electron chi connectivity index (χ1n) is 4.29. The monoisotopic (exact) mass is 189 g/mol. The second-order valence-corrected chi connectivity index (χ2v) is 3.54. The predicted octanol–water partition coefficient (Wildman–Crippen LogP) is 0.193. The SMILES string of the molecule is O=C(CS)NCC1CCCC1O. The molecule has 0 radical (unpaired) electrons. The van der Waals surface area contributed by atoms with Crippen LogP contribution in [-0.4, -0.2) is 29.4 Å². The molecule has 1 aliphatic carbocycles. The average Bonchev–Trinajstić information content (AvgIpc) is 2.47. The fourth-order valence-electron chi connectivity index (χ4n) is 1.56. The van der Waals surface area contributed by atoms with Gasteiger partial charge in [-0.15, -0.1) is 0 Å². The smallest absolute Gasteiger partial charge is 0.229 e. The Morgan fingerprint density at radius 2 is 2.33 bits per heavy atom. The van der Waals surface area contributed by atoms with Gasteiger partial charge in [0.05, 0.1) is 11.9 Å². The van der Waals surface area contributed by atoms with Crippen molar-refractivity contribution < 1.29 is 9.90 Å². The predicted molar refractivity (Wildman–Crippen MR) is 50.2 cm³/mol. The lowest BCUT2D eigenvalue weighted by Gasteiger charge is -2.14. The van der Waals surface area contributed by atoms with Crippen LogP contribution in [0.4, 0.5) is 0 Å². The number of nitrogens with one attached hydrogen (secondary N) is 1. The number of aliphatic hydroxyl groups is 1. The van der Waals surface area contributed by atoms with Gasteiger partial charge < -0.3 is 10.4 Å². The molecule has 1 amide bonds. The Morgan fingerprint density at radius 3 is 2.83 bits per heavy atom. The maximum absolute atomic E-state index is 10.8. The standard InChI is InChI=1S/C8H15NO2S/c10-7-3-1-2-6(7)4-9-8(11)5-12/h6-7,10,12H,1-5H2,(H,9,11). The second-order valence-electron chi connectivity index (χ2n) is 3.22. The first kappa shape index (κ1) is 9.86. The molecule has 1 saturated carbocycles. The van der Waals surface area contributed by atoms with Gasteiger partial charge in [0.2, 0.25) is 5.91 Å². The van der Waals surface area contributed by atoms with E-state index in [0.717, 1.165) is 19.3 Å². The number of aliphatic hydroxyl groups excluding tert-OH is 1. The molecule has 0 aromatic rings. The van der Waals surface area contributed by atoms with Gasteiger partial charge in [-0.3, -0.25) is 4.79 Å². The molecule has 12 heavy (non-hydrogen) atoms. The highest BCUT2D eigenvalue weighted by Gasteiger charge is 2.24. The minimum atomic E-state index is -0.217. The van der Waals surface area contributed by atoms with Gasteiger partial charge in [-0.1, -0.05) is 6.42 Å². The van der Waals surface area contributed by atoms with Crippen molar-refractivity contribution in [1.82, 2.24) is 5.32 Å². The number of amides is 1. The highest BCUT2D eigenvalue weighted by Crippen LogP contribution is 2.24. The molecular formula is C8H15NO2S. The van der Waals surface area contributed by atoms with Crippen molar-refractivity contribution in [2.24, 2.45) is 5.92 Å². The van der Waals surface area contributed by atoms with Crippen molar-refractivity contribution in [2.45, 2.75) is 25.4 Å². The largest absolute Gasteiger partial charge is 0.393 e. The third-order valence-corrected chi connectivity index (χ3v) is 2.61. The Bertz CT molecular complexity index is 163. The number of carbonyl (C=O) groups excluding carboxylic acids is 1. The summed E-state index contributed by atoms with van der Waals surface area (Å²) in [4.78, 5) is 10.8. The molecule has 4 heteroatoms. The van der Waals surface area contributed by atoms with Crippen LogP contribution < -0.4 is 5.32 Å². The van der Waals surface area contributed by atoms with Crippen molar-refractivity contribution in [3.8, 4) is 0 Å². The third kappa shape index (κ3) is 2.68.